The molecule has 2 radical (unpaired) electrons. The molecular formula is C13H18BN. The fourth-order valence-corrected chi connectivity index (χ4v) is 2.06. The lowest BCUT2D eigenvalue weighted by molar-refractivity contribution is 0.193. The topological polar surface area (TPSA) is 3.24 Å². The summed E-state index contributed by atoms with van der Waals surface area (Å²) in [5.74, 6) is 0. The van der Waals surface area contributed by atoms with Crippen LogP contribution in [0.25, 0.3) is 0 Å². The Morgan fingerprint density at radius 2 is 1.80 bits per heavy atom. The summed E-state index contributed by atoms with van der Waals surface area (Å²) in [5, 5.41) is 0.0627. The smallest absolute Gasteiger partial charge is 0.0743 e. The zero-order valence-corrected chi connectivity index (χ0v) is 9.45. The van der Waals surface area contributed by atoms with E-state index >= 15 is 0 Å². The fourth-order valence-electron chi connectivity index (χ4n) is 2.06. The van der Waals surface area contributed by atoms with E-state index in [0.29, 0.717) is 0 Å². The summed E-state index contributed by atoms with van der Waals surface area (Å²) >= 11 is 0. The second kappa shape index (κ2) is 4.40. The highest BCUT2D eigenvalue weighted by molar-refractivity contribution is 6.14. The summed E-state index contributed by atoms with van der Waals surface area (Å²) in [6.07, 6.45) is 2.22. The average Bonchev–Trinajstić information content (AvgIpc) is 2.23. The third-order valence-corrected chi connectivity index (χ3v) is 3.25. The van der Waals surface area contributed by atoms with Crippen LogP contribution < -0.4 is 0 Å². The molecule has 1 nitrogen and oxygen atoms in total. The first-order valence-electron chi connectivity index (χ1n) is 5.71. The third-order valence-electron chi connectivity index (χ3n) is 3.25. The quantitative estimate of drug-likeness (QED) is 0.662. The van der Waals surface area contributed by atoms with Crippen LogP contribution in [0.15, 0.2) is 30.3 Å². The van der Waals surface area contributed by atoms with Gasteiger partial charge in [-0.25, -0.2) is 0 Å². The van der Waals surface area contributed by atoms with E-state index in [1.807, 2.05) is 0 Å². The molecule has 0 unspecified atom stereocenters. The van der Waals surface area contributed by atoms with Crippen molar-refractivity contribution in [3.05, 3.63) is 35.9 Å². The largest absolute Gasteiger partial charge is 0.299 e. The van der Waals surface area contributed by atoms with Crippen LogP contribution in [0.4, 0.5) is 0 Å². The van der Waals surface area contributed by atoms with Crippen molar-refractivity contribution in [1.82, 2.24) is 4.90 Å². The van der Waals surface area contributed by atoms with Crippen molar-refractivity contribution < 1.29 is 0 Å². The Morgan fingerprint density at radius 3 is 2.40 bits per heavy atom. The lowest BCUT2D eigenvalue weighted by Crippen LogP contribution is -2.35. The van der Waals surface area contributed by atoms with Crippen LogP contribution in [0.2, 0.25) is 5.31 Å². The lowest BCUT2D eigenvalue weighted by atomic mass is 9.64. The fraction of sp³-hybridized carbons (Fsp3) is 0.538. The third kappa shape index (κ3) is 3.10. The van der Waals surface area contributed by atoms with Crippen molar-refractivity contribution in [1.29, 1.82) is 0 Å². The van der Waals surface area contributed by atoms with Crippen molar-refractivity contribution in [3.8, 4) is 0 Å². The van der Waals surface area contributed by atoms with Crippen LogP contribution in [0.1, 0.15) is 25.3 Å². The molecule has 1 heterocycles. The van der Waals surface area contributed by atoms with Crippen molar-refractivity contribution in [2.24, 2.45) is 0 Å². The number of hydrogen-bond acceptors (Lipinski definition) is 1. The first kappa shape index (κ1) is 10.8. The molecule has 1 saturated heterocycles. The van der Waals surface area contributed by atoms with Crippen molar-refractivity contribution in [3.63, 3.8) is 0 Å². The molecule has 0 bridgehead atoms. The van der Waals surface area contributed by atoms with E-state index < -0.39 is 0 Å². The van der Waals surface area contributed by atoms with Crippen LogP contribution in [0.3, 0.4) is 0 Å². The van der Waals surface area contributed by atoms with E-state index in [2.05, 4.69) is 42.2 Å². The highest BCUT2D eigenvalue weighted by atomic mass is 15.1. The molecule has 0 atom stereocenters. The standard InChI is InChI=1S/C13H18BN/c1-13(14)7-9-15(10-8-13)11-12-5-3-2-4-6-12/h2-6H,7-11H2,1H3. The number of rotatable bonds is 2. The number of likely N-dealkylation sites (tertiary alicyclic amines) is 1. The monoisotopic (exact) mass is 199 g/mol. The Kier molecular flexibility index (Phi) is 3.15. The molecule has 2 heteroatoms. The van der Waals surface area contributed by atoms with Crippen molar-refractivity contribution in [2.45, 2.75) is 31.6 Å². The van der Waals surface area contributed by atoms with Gasteiger partial charge in [0.25, 0.3) is 0 Å². The molecule has 0 aliphatic carbocycles. The van der Waals surface area contributed by atoms with Gasteiger partial charge in [0.2, 0.25) is 0 Å². The van der Waals surface area contributed by atoms with Gasteiger partial charge in [-0.15, -0.1) is 0 Å². The van der Waals surface area contributed by atoms with Crippen molar-refractivity contribution >= 4 is 7.85 Å². The van der Waals surface area contributed by atoms with Gasteiger partial charge in [-0.1, -0.05) is 42.6 Å². The Morgan fingerprint density at radius 1 is 1.20 bits per heavy atom. The van der Waals surface area contributed by atoms with Crippen molar-refractivity contribution in [2.75, 3.05) is 13.1 Å². The molecule has 0 amide bonds. The molecule has 0 spiro atoms. The lowest BCUT2D eigenvalue weighted by Gasteiger charge is -2.37. The summed E-state index contributed by atoms with van der Waals surface area (Å²) in [6, 6.07) is 10.7. The minimum absolute atomic E-state index is 0.0627. The normalized spacial score (nSPS) is 21.4. The highest BCUT2D eigenvalue weighted by Gasteiger charge is 2.24. The van der Waals surface area contributed by atoms with E-state index in [-0.39, 0.29) is 5.31 Å². The van der Waals surface area contributed by atoms with Crippen LogP contribution >= 0.6 is 0 Å². The molecule has 0 N–H and O–H groups in total. The second-order valence-corrected chi connectivity index (χ2v) is 4.92. The molecule has 15 heavy (non-hydrogen) atoms. The van der Waals surface area contributed by atoms with E-state index in [4.69, 9.17) is 7.85 Å². The number of benzene rings is 1. The first-order valence-corrected chi connectivity index (χ1v) is 5.71. The minimum atomic E-state index is 0.0627. The van der Waals surface area contributed by atoms with Gasteiger partial charge in [0.15, 0.2) is 0 Å². The molecule has 1 aliphatic heterocycles. The highest BCUT2D eigenvalue weighted by Crippen LogP contribution is 2.34. The van der Waals surface area contributed by atoms with E-state index in [0.717, 1.165) is 32.5 Å². The van der Waals surface area contributed by atoms with Gasteiger partial charge >= 0.3 is 0 Å². The van der Waals surface area contributed by atoms with Crippen LogP contribution in [0.5, 0.6) is 0 Å². The maximum atomic E-state index is 6.11. The molecule has 1 aromatic carbocycles. The van der Waals surface area contributed by atoms with Gasteiger partial charge in [-0.05, 0) is 31.5 Å². The summed E-state index contributed by atoms with van der Waals surface area (Å²) in [7, 11) is 6.11. The van der Waals surface area contributed by atoms with Crippen LogP contribution in [-0.2, 0) is 6.54 Å². The van der Waals surface area contributed by atoms with Gasteiger partial charge in [0.05, 0.1) is 7.85 Å². The summed E-state index contributed by atoms with van der Waals surface area (Å²) in [4.78, 5) is 2.49. The number of nitrogens with zero attached hydrogens (tertiary/aromatic N) is 1. The maximum absolute atomic E-state index is 6.11. The van der Waals surface area contributed by atoms with Gasteiger partial charge in [-0.3, -0.25) is 4.90 Å². The van der Waals surface area contributed by atoms with Gasteiger partial charge in [0.1, 0.15) is 0 Å². The molecule has 0 saturated carbocycles. The van der Waals surface area contributed by atoms with E-state index in [1.54, 1.807) is 0 Å². The van der Waals surface area contributed by atoms with Crippen LogP contribution in [-0.4, -0.2) is 25.8 Å². The maximum Gasteiger partial charge on any atom is 0.0743 e. The molecule has 2 rings (SSSR count). The average molecular weight is 199 g/mol. The van der Waals surface area contributed by atoms with Gasteiger partial charge < -0.3 is 0 Å². The Bertz CT molecular complexity index is 298. The second-order valence-electron chi connectivity index (χ2n) is 4.92. The summed E-state index contributed by atoms with van der Waals surface area (Å²) in [5.41, 5.74) is 1.40. The summed E-state index contributed by atoms with van der Waals surface area (Å²) < 4.78 is 0. The molecule has 1 fully saturated rings. The molecule has 1 aliphatic rings. The predicted octanol–water partition coefficient (Wildman–Crippen LogP) is 2.63. The first-order chi connectivity index (χ1) is 7.16. The minimum Gasteiger partial charge on any atom is -0.299 e. The Balaban J connectivity index is 1.88. The number of hydrogen-bond donors (Lipinski definition) is 0. The predicted molar refractivity (Wildman–Crippen MR) is 65.1 cm³/mol. The zero-order chi connectivity index (χ0) is 10.7. The molecule has 1 aromatic rings. The van der Waals surface area contributed by atoms with E-state index in [1.165, 1.54) is 5.56 Å². The van der Waals surface area contributed by atoms with Crippen LogP contribution in [0, 0.1) is 0 Å². The summed E-state index contributed by atoms with van der Waals surface area (Å²) in [6.45, 7) is 5.48. The Labute approximate surface area is 93.9 Å². The SMILES string of the molecule is [B]C1(C)CCN(Cc2ccccc2)CC1. The van der Waals surface area contributed by atoms with Gasteiger partial charge in [-0.2, -0.15) is 0 Å². The Hall–Kier alpha value is -0.755. The van der Waals surface area contributed by atoms with Gasteiger partial charge in [0, 0.05) is 6.54 Å². The molecular weight excluding hydrogens is 181 g/mol. The van der Waals surface area contributed by atoms with E-state index in [9.17, 15) is 0 Å². The molecule has 0 aromatic heterocycles. The number of piperidine rings is 1. The molecule has 78 valence electrons. The zero-order valence-electron chi connectivity index (χ0n) is 9.45.